The van der Waals surface area contributed by atoms with Crippen LogP contribution >= 0.6 is 23.2 Å². The van der Waals surface area contributed by atoms with Crippen molar-refractivity contribution < 1.29 is 26.3 Å². The van der Waals surface area contributed by atoms with Crippen molar-refractivity contribution in [2.75, 3.05) is 23.0 Å². The van der Waals surface area contributed by atoms with E-state index in [0.29, 0.717) is 5.02 Å². The Morgan fingerprint density at radius 3 is 2.36 bits per heavy atom. The Morgan fingerprint density at radius 1 is 1.03 bits per heavy atom. The van der Waals surface area contributed by atoms with Crippen LogP contribution in [0.15, 0.2) is 47.8 Å². The summed E-state index contributed by atoms with van der Waals surface area (Å²) in [6, 6.07) is 6.40. The monoisotopic (exact) mass is 521 g/mol. The second-order valence-electron chi connectivity index (χ2n) is 6.49. The zero-order valence-corrected chi connectivity index (χ0v) is 19.1. The van der Waals surface area contributed by atoms with Crippen LogP contribution in [0.3, 0.4) is 0 Å². The van der Waals surface area contributed by atoms with Crippen molar-refractivity contribution in [2.24, 2.45) is 0 Å². The van der Waals surface area contributed by atoms with E-state index in [2.05, 4.69) is 25.6 Å². The molecule has 0 saturated heterocycles. The SMILES string of the molecule is CCS(=O)(=O)c1ccc(OCC(F)(F)F)c(Nc2cc(Nc3ncc(Cl)cc3Cl)ncn2)c1. The number of nitrogens with zero attached hydrogens (tertiary/aromatic N) is 3. The van der Waals surface area contributed by atoms with Gasteiger partial charge in [-0.15, -0.1) is 0 Å². The van der Waals surface area contributed by atoms with Gasteiger partial charge in [-0.2, -0.15) is 13.2 Å². The lowest BCUT2D eigenvalue weighted by Crippen LogP contribution is -2.19. The van der Waals surface area contributed by atoms with Crippen molar-refractivity contribution in [2.45, 2.75) is 18.0 Å². The number of sulfone groups is 1. The molecule has 0 saturated carbocycles. The molecule has 0 atom stereocenters. The normalized spacial score (nSPS) is 11.8. The molecule has 1 aromatic carbocycles. The summed E-state index contributed by atoms with van der Waals surface area (Å²) in [4.78, 5) is 12.0. The second-order valence-corrected chi connectivity index (χ2v) is 9.61. The molecule has 8 nitrogen and oxygen atoms in total. The molecule has 3 aromatic rings. The van der Waals surface area contributed by atoms with Crippen molar-refractivity contribution in [1.29, 1.82) is 0 Å². The molecule has 3 rings (SSSR count). The highest BCUT2D eigenvalue weighted by atomic mass is 35.5. The number of nitrogens with one attached hydrogen (secondary N) is 2. The number of hydrogen-bond acceptors (Lipinski definition) is 8. The molecule has 2 heterocycles. The van der Waals surface area contributed by atoms with Gasteiger partial charge >= 0.3 is 6.18 Å². The number of hydrogen-bond donors (Lipinski definition) is 2. The number of ether oxygens (including phenoxy) is 1. The number of pyridine rings is 1. The van der Waals surface area contributed by atoms with Crippen LogP contribution in [0.5, 0.6) is 5.75 Å². The molecule has 176 valence electrons. The van der Waals surface area contributed by atoms with E-state index in [1.165, 1.54) is 43.7 Å². The molecule has 0 aliphatic rings. The average molecular weight is 522 g/mol. The van der Waals surface area contributed by atoms with Crippen molar-refractivity contribution >= 4 is 56.2 Å². The number of halogens is 5. The van der Waals surface area contributed by atoms with Gasteiger partial charge in [-0.3, -0.25) is 0 Å². The highest BCUT2D eigenvalue weighted by molar-refractivity contribution is 7.91. The Balaban J connectivity index is 1.91. The Bertz CT molecular complexity index is 1260. The fraction of sp³-hybridized carbons (Fsp3) is 0.211. The summed E-state index contributed by atoms with van der Waals surface area (Å²) in [6.45, 7) is -0.104. The smallest absolute Gasteiger partial charge is 0.422 e. The maximum absolute atomic E-state index is 12.6. The zero-order valence-electron chi connectivity index (χ0n) is 16.8. The summed E-state index contributed by atoms with van der Waals surface area (Å²) in [5.41, 5.74) is -0.0268. The first kappa shape index (κ1) is 24.8. The summed E-state index contributed by atoms with van der Waals surface area (Å²) in [5.74, 6) is 0.250. The van der Waals surface area contributed by atoms with Crippen LogP contribution in [0.1, 0.15) is 6.92 Å². The maximum atomic E-state index is 12.6. The highest BCUT2D eigenvalue weighted by Crippen LogP contribution is 2.32. The average Bonchev–Trinajstić information content (AvgIpc) is 2.74. The van der Waals surface area contributed by atoms with E-state index in [-0.39, 0.29) is 44.6 Å². The van der Waals surface area contributed by atoms with Gasteiger partial charge in [-0.1, -0.05) is 30.1 Å². The standard InChI is InChI=1S/C19H16Cl2F3N5O3S/c1-2-33(30,31)12-3-4-15(32-9-19(22,23)24)14(6-12)28-16-7-17(27-10-26-16)29-18-13(21)5-11(20)8-25-18/h3-8,10H,2,9H2,1H3,(H2,25,26,27,28,29). The fourth-order valence-electron chi connectivity index (χ4n) is 2.51. The lowest BCUT2D eigenvalue weighted by atomic mass is 10.3. The minimum atomic E-state index is -4.58. The number of benzene rings is 1. The van der Waals surface area contributed by atoms with Crippen molar-refractivity contribution in [3.63, 3.8) is 0 Å². The molecule has 0 unspecified atom stereocenters. The molecule has 0 aliphatic heterocycles. The van der Waals surface area contributed by atoms with Gasteiger partial charge in [0.1, 0.15) is 29.5 Å². The number of anilines is 4. The summed E-state index contributed by atoms with van der Waals surface area (Å²) >= 11 is 11.9. The zero-order chi connectivity index (χ0) is 24.2. The fourth-order valence-corrected chi connectivity index (χ4v) is 3.85. The van der Waals surface area contributed by atoms with E-state index in [0.717, 1.165) is 6.07 Å². The maximum Gasteiger partial charge on any atom is 0.422 e. The van der Waals surface area contributed by atoms with Crippen molar-refractivity contribution in [1.82, 2.24) is 15.0 Å². The Morgan fingerprint density at radius 2 is 1.73 bits per heavy atom. The van der Waals surface area contributed by atoms with Gasteiger partial charge in [-0.25, -0.2) is 23.4 Å². The largest absolute Gasteiger partial charge is 0.482 e. The summed E-state index contributed by atoms with van der Waals surface area (Å²) in [5, 5.41) is 6.20. The molecule has 0 bridgehead atoms. The third-order valence-corrected chi connectivity index (χ3v) is 6.29. The first-order valence-electron chi connectivity index (χ1n) is 9.20. The van der Waals surface area contributed by atoms with Crippen molar-refractivity contribution in [3.8, 4) is 5.75 Å². The Hall–Kier alpha value is -2.83. The molecule has 0 aliphatic carbocycles. The van der Waals surface area contributed by atoms with Crippen LogP contribution in [0.2, 0.25) is 10.0 Å². The molecular weight excluding hydrogens is 506 g/mol. The number of aromatic nitrogens is 3. The minimum Gasteiger partial charge on any atom is -0.482 e. The van der Waals surface area contributed by atoms with E-state index in [1.54, 1.807) is 0 Å². The number of alkyl halides is 3. The third kappa shape index (κ3) is 6.83. The van der Waals surface area contributed by atoms with E-state index >= 15 is 0 Å². The van der Waals surface area contributed by atoms with Gasteiger partial charge in [0.15, 0.2) is 16.4 Å². The van der Waals surface area contributed by atoms with E-state index in [9.17, 15) is 21.6 Å². The van der Waals surface area contributed by atoms with Gasteiger partial charge < -0.3 is 15.4 Å². The molecular formula is C19H16Cl2F3N5O3S. The molecule has 0 fully saturated rings. The first-order chi connectivity index (χ1) is 15.5. The summed E-state index contributed by atoms with van der Waals surface area (Å²) in [7, 11) is -3.63. The molecule has 0 spiro atoms. The second kappa shape index (κ2) is 9.98. The van der Waals surface area contributed by atoms with Crippen LogP contribution < -0.4 is 15.4 Å². The van der Waals surface area contributed by atoms with Gasteiger partial charge in [0.25, 0.3) is 0 Å². The van der Waals surface area contributed by atoms with Gasteiger partial charge in [0.05, 0.1) is 26.4 Å². The van der Waals surface area contributed by atoms with Gasteiger partial charge in [0, 0.05) is 12.3 Å². The number of rotatable bonds is 8. The van der Waals surface area contributed by atoms with Crippen LogP contribution in [-0.4, -0.2) is 41.9 Å². The van der Waals surface area contributed by atoms with Crippen molar-refractivity contribution in [3.05, 3.63) is 52.9 Å². The molecule has 14 heteroatoms. The Kier molecular flexibility index (Phi) is 7.50. The topological polar surface area (TPSA) is 106 Å². The summed E-state index contributed by atoms with van der Waals surface area (Å²) in [6.07, 6.45) is -2.03. The first-order valence-corrected chi connectivity index (χ1v) is 11.6. The van der Waals surface area contributed by atoms with Gasteiger partial charge in [-0.05, 0) is 24.3 Å². The molecule has 2 aromatic heterocycles. The summed E-state index contributed by atoms with van der Waals surface area (Å²) < 4.78 is 67.3. The quantitative estimate of drug-likeness (QED) is 0.405. The predicted octanol–water partition coefficient (Wildman–Crippen LogP) is 5.40. The Labute approximate surface area is 197 Å². The molecule has 0 amide bonds. The van der Waals surface area contributed by atoms with E-state index in [4.69, 9.17) is 27.9 Å². The van der Waals surface area contributed by atoms with E-state index in [1.807, 2.05) is 0 Å². The third-order valence-electron chi connectivity index (χ3n) is 4.07. The van der Waals surface area contributed by atoms with Crippen LogP contribution in [0.4, 0.5) is 36.3 Å². The molecule has 0 radical (unpaired) electrons. The lowest BCUT2D eigenvalue weighted by Gasteiger charge is -2.16. The molecule has 2 N–H and O–H groups in total. The van der Waals surface area contributed by atoms with E-state index < -0.39 is 22.6 Å². The molecule has 33 heavy (non-hydrogen) atoms. The van der Waals surface area contributed by atoms with Crippen LogP contribution in [-0.2, 0) is 9.84 Å². The minimum absolute atomic E-state index is 0.0268. The van der Waals surface area contributed by atoms with Crippen LogP contribution in [0.25, 0.3) is 0 Å². The predicted molar refractivity (Wildman–Crippen MR) is 119 cm³/mol. The van der Waals surface area contributed by atoms with Gasteiger partial charge in [0.2, 0.25) is 0 Å². The lowest BCUT2D eigenvalue weighted by molar-refractivity contribution is -0.153. The highest BCUT2D eigenvalue weighted by Gasteiger charge is 2.29. The van der Waals surface area contributed by atoms with Crippen LogP contribution in [0, 0.1) is 0 Å².